The van der Waals surface area contributed by atoms with Crippen LogP contribution in [-0.4, -0.2) is 38.0 Å². The van der Waals surface area contributed by atoms with E-state index in [9.17, 15) is 18.4 Å². The second-order valence-corrected chi connectivity index (χ2v) is 7.19. The molecular weight excluding hydrogens is 376 g/mol. The third kappa shape index (κ3) is 6.27. The highest BCUT2D eigenvalue weighted by Gasteiger charge is 2.27. The summed E-state index contributed by atoms with van der Waals surface area (Å²) in [5.74, 6) is -3.50. The van der Waals surface area contributed by atoms with E-state index in [0.29, 0.717) is 13.0 Å². The normalized spacial score (nSPS) is 11.8. The largest absolute Gasteiger partial charge is 0.375 e. The van der Waals surface area contributed by atoms with E-state index in [4.69, 9.17) is 0 Å². The Morgan fingerprint density at radius 1 is 1.00 bits per heavy atom. The molecule has 2 N–H and O–H groups in total. The van der Waals surface area contributed by atoms with Crippen molar-refractivity contribution >= 4 is 17.5 Å². The third-order valence-electron chi connectivity index (χ3n) is 4.59. The first kappa shape index (κ1) is 22.3. The van der Waals surface area contributed by atoms with Gasteiger partial charge in [-0.25, -0.2) is 8.78 Å². The predicted octanol–water partition coefficient (Wildman–Crippen LogP) is 3.36. The summed E-state index contributed by atoms with van der Waals surface area (Å²) in [5, 5.41) is 5.24. The van der Waals surface area contributed by atoms with Crippen molar-refractivity contribution in [1.29, 1.82) is 0 Å². The van der Waals surface area contributed by atoms with Gasteiger partial charge in [0, 0.05) is 25.8 Å². The molecule has 0 radical (unpaired) electrons. The molecule has 0 fully saturated rings. The molecule has 29 heavy (non-hydrogen) atoms. The molecule has 7 heteroatoms. The van der Waals surface area contributed by atoms with E-state index in [2.05, 4.69) is 15.5 Å². The Hall–Kier alpha value is -2.96. The molecule has 156 valence electrons. The molecule has 2 amide bonds. The zero-order valence-electron chi connectivity index (χ0n) is 16.9. The summed E-state index contributed by atoms with van der Waals surface area (Å²) in [7, 11) is 1.97. The average molecular weight is 403 g/mol. The van der Waals surface area contributed by atoms with Crippen molar-refractivity contribution in [3.05, 3.63) is 65.7 Å². The quantitative estimate of drug-likeness (QED) is 0.631. The van der Waals surface area contributed by atoms with Crippen molar-refractivity contribution in [2.45, 2.75) is 26.3 Å². The van der Waals surface area contributed by atoms with E-state index in [1.165, 1.54) is 6.07 Å². The number of hydrogen-bond acceptors (Lipinski definition) is 3. The van der Waals surface area contributed by atoms with Gasteiger partial charge in [0.2, 0.25) is 5.91 Å². The lowest BCUT2D eigenvalue weighted by Crippen LogP contribution is -2.50. The van der Waals surface area contributed by atoms with Gasteiger partial charge in [0.1, 0.15) is 23.2 Å². The Morgan fingerprint density at radius 3 is 2.21 bits per heavy atom. The Bertz CT molecular complexity index is 808. The van der Waals surface area contributed by atoms with Crippen LogP contribution in [0, 0.1) is 17.6 Å². The molecule has 0 aromatic heterocycles. The van der Waals surface area contributed by atoms with Gasteiger partial charge in [0.25, 0.3) is 5.91 Å². The summed E-state index contributed by atoms with van der Waals surface area (Å²) in [6.45, 7) is 4.67. The minimum atomic E-state index is -0.964. The number of nitrogens with zero attached hydrogens (tertiary/aromatic N) is 1. The van der Waals surface area contributed by atoms with E-state index in [0.717, 1.165) is 24.4 Å². The number of rotatable bonds is 9. The van der Waals surface area contributed by atoms with Crippen LogP contribution in [0.5, 0.6) is 0 Å². The number of carbonyl (C=O) groups is 2. The van der Waals surface area contributed by atoms with Gasteiger partial charge in [-0.05, 0) is 36.6 Å². The first-order valence-electron chi connectivity index (χ1n) is 9.60. The standard InChI is InChI=1S/C22H27F2N3O2/c1-15(2)20(26-21(28)19-17(23)11-7-12-18(19)24)22(29)25-13-8-14-27(3)16-9-5-4-6-10-16/h4-7,9-12,15,20H,8,13-14H2,1-3H3,(H,25,29)(H,26,28). The van der Waals surface area contributed by atoms with Crippen molar-refractivity contribution in [2.75, 3.05) is 25.0 Å². The highest BCUT2D eigenvalue weighted by Crippen LogP contribution is 2.13. The number of benzene rings is 2. The van der Waals surface area contributed by atoms with Crippen LogP contribution in [0.1, 0.15) is 30.6 Å². The number of carbonyl (C=O) groups excluding carboxylic acids is 2. The zero-order valence-corrected chi connectivity index (χ0v) is 16.9. The summed E-state index contributed by atoms with van der Waals surface area (Å²) in [6, 6.07) is 12.2. The van der Waals surface area contributed by atoms with Crippen molar-refractivity contribution in [1.82, 2.24) is 10.6 Å². The lowest BCUT2D eigenvalue weighted by Gasteiger charge is -2.23. The summed E-state index contributed by atoms with van der Waals surface area (Å²) < 4.78 is 27.6. The molecule has 1 unspecified atom stereocenters. The lowest BCUT2D eigenvalue weighted by atomic mass is 10.0. The van der Waals surface area contributed by atoms with Gasteiger partial charge in [0.05, 0.1) is 0 Å². The van der Waals surface area contributed by atoms with Gasteiger partial charge < -0.3 is 15.5 Å². The first-order valence-corrected chi connectivity index (χ1v) is 9.60. The number of halogens is 2. The minimum Gasteiger partial charge on any atom is -0.375 e. The topological polar surface area (TPSA) is 61.4 Å². The fourth-order valence-corrected chi connectivity index (χ4v) is 2.91. The van der Waals surface area contributed by atoms with Gasteiger partial charge in [-0.15, -0.1) is 0 Å². The molecule has 2 aromatic carbocycles. The van der Waals surface area contributed by atoms with Crippen molar-refractivity contribution in [2.24, 2.45) is 5.92 Å². The molecule has 0 aliphatic carbocycles. The highest BCUT2D eigenvalue weighted by atomic mass is 19.1. The molecule has 2 rings (SSSR count). The van der Waals surface area contributed by atoms with Gasteiger partial charge in [-0.1, -0.05) is 38.1 Å². The summed E-state index contributed by atoms with van der Waals surface area (Å²) in [4.78, 5) is 26.9. The van der Waals surface area contributed by atoms with E-state index in [-0.39, 0.29) is 11.8 Å². The predicted molar refractivity (Wildman–Crippen MR) is 110 cm³/mol. The number of amides is 2. The molecule has 0 saturated carbocycles. The average Bonchev–Trinajstić information content (AvgIpc) is 2.69. The van der Waals surface area contributed by atoms with E-state index in [1.807, 2.05) is 37.4 Å². The molecule has 0 spiro atoms. The van der Waals surface area contributed by atoms with Crippen molar-refractivity contribution < 1.29 is 18.4 Å². The van der Waals surface area contributed by atoms with Crippen LogP contribution in [0.15, 0.2) is 48.5 Å². The second-order valence-electron chi connectivity index (χ2n) is 7.19. The first-order chi connectivity index (χ1) is 13.8. The molecule has 0 aliphatic rings. The van der Waals surface area contributed by atoms with E-state index < -0.39 is 29.1 Å². The zero-order chi connectivity index (χ0) is 21.4. The Labute approximate surface area is 170 Å². The lowest BCUT2D eigenvalue weighted by molar-refractivity contribution is -0.123. The maximum atomic E-state index is 13.8. The van der Waals surface area contributed by atoms with E-state index in [1.54, 1.807) is 13.8 Å². The fourth-order valence-electron chi connectivity index (χ4n) is 2.91. The summed E-state index contributed by atoms with van der Waals surface area (Å²) >= 11 is 0. The number of para-hydroxylation sites is 1. The van der Waals surface area contributed by atoms with E-state index >= 15 is 0 Å². The van der Waals surface area contributed by atoms with Gasteiger partial charge in [0.15, 0.2) is 0 Å². The smallest absolute Gasteiger partial charge is 0.257 e. The Kier molecular flexibility index (Phi) is 8.12. The second kappa shape index (κ2) is 10.5. The summed E-state index contributed by atoms with van der Waals surface area (Å²) in [5.41, 5.74) is 0.397. The molecule has 0 saturated heterocycles. The maximum Gasteiger partial charge on any atom is 0.257 e. The molecule has 5 nitrogen and oxygen atoms in total. The van der Waals surface area contributed by atoms with Crippen LogP contribution in [0.25, 0.3) is 0 Å². The molecular formula is C22H27F2N3O2. The molecule has 2 aromatic rings. The monoisotopic (exact) mass is 403 g/mol. The van der Waals surface area contributed by atoms with Crippen molar-refractivity contribution in [3.8, 4) is 0 Å². The number of anilines is 1. The van der Waals surface area contributed by atoms with Crippen LogP contribution in [-0.2, 0) is 4.79 Å². The number of hydrogen-bond donors (Lipinski definition) is 2. The van der Waals surface area contributed by atoms with Crippen molar-refractivity contribution in [3.63, 3.8) is 0 Å². The molecule has 0 aliphatic heterocycles. The van der Waals surface area contributed by atoms with Gasteiger partial charge >= 0.3 is 0 Å². The third-order valence-corrected chi connectivity index (χ3v) is 4.59. The molecule has 0 heterocycles. The SMILES string of the molecule is CC(C)C(NC(=O)c1c(F)cccc1F)C(=O)NCCCN(C)c1ccccc1. The van der Waals surface area contributed by atoms with Crippen LogP contribution in [0.3, 0.4) is 0 Å². The Morgan fingerprint density at radius 2 is 1.62 bits per heavy atom. The molecule has 1 atom stereocenters. The minimum absolute atomic E-state index is 0.249. The van der Waals surface area contributed by atoms with Crippen LogP contribution in [0.4, 0.5) is 14.5 Å². The highest BCUT2D eigenvalue weighted by molar-refractivity contribution is 5.98. The number of nitrogens with one attached hydrogen (secondary N) is 2. The maximum absolute atomic E-state index is 13.8. The molecule has 0 bridgehead atoms. The fraction of sp³-hybridized carbons (Fsp3) is 0.364. The van der Waals surface area contributed by atoms with Gasteiger partial charge in [-0.3, -0.25) is 9.59 Å². The van der Waals surface area contributed by atoms with Crippen LogP contribution < -0.4 is 15.5 Å². The van der Waals surface area contributed by atoms with Gasteiger partial charge in [-0.2, -0.15) is 0 Å². The summed E-state index contributed by atoms with van der Waals surface area (Å²) in [6.07, 6.45) is 0.706. The van der Waals surface area contributed by atoms with Crippen LogP contribution in [0.2, 0.25) is 0 Å². The Balaban J connectivity index is 1.88. The van der Waals surface area contributed by atoms with Crippen LogP contribution >= 0.6 is 0 Å².